The van der Waals surface area contributed by atoms with Gasteiger partial charge in [-0.2, -0.15) is 0 Å². The van der Waals surface area contributed by atoms with Crippen LogP contribution in [-0.4, -0.2) is 13.5 Å². The minimum atomic E-state index is 0.0296. The Morgan fingerprint density at radius 1 is 1.08 bits per heavy atom. The van der Waals surface area contributed by atoms with Gasteiger partial charge in [-0.3, -0.25) is 0 Å². The van der Waals surface area contributed by atoms with Crippen LogP contribution in [0.5, 0.6) is 0 Å². The van der Waals surface area contributed by atoms with Crippen LogP contribution in [0.1, 0.15) is 0 Å². The highest BCUT2D eigenvalue weighted by atomic mass is 16.1. The van der Waals surface area contributed by atoms with Crippen molar-refractivity contribution in [2.24, 2.45) is 0 Å². The van der Waals surface area contributed by atoms with Crippen molar-refractivity contribution in [3.63, 3.8) is 0 Å². The second kappa shape index (κ2) is 7.10. The maximum Gasteiger partial charge on any atom is 0.192 e. The minimum Gasteiger partial charge on any atom is -0.307 e. The maximum absolute atomic E-state index is 10.6. The van der Waals surface area contributed by atoms with E-state index in [1.54, 1.807) is 24.3 Å². The van der Waals surface area contributed by atoms with Crippen molar-refractivity contribution in [2.45, 2.75) is 0 Å². The zero-order valence-electron chi connectivity index (χ0n) is 7.86. The number of allylic oxidation sites excluding steroid dienone is 8. The van der Waals surface area contributed by atoms with Crippen LogP contribution in [-0.2, 0) is 4.79 Å². The van der Waals surface area contributed by atoms with Gasteiger partial charge in [-0.05, 0) is 11.6 Å². The number of hydrogen-bond donors (Lipinski definition) is 0. The lowest BCUT2D eigenvalue weighted by molar-refractivity contribution is -0.107. The molecule has 66 valence electrons. The van der Waals surface area contributed by atoms with E-state index < -0.39 is 0 Å². The van der Waals surface area contributed by atoms with E-state index in [1.165, 1.54) is 13.9 Å². The Labute approximate surface area is 80.3 Å². The highest BCUT2D eigenvalue weighted by Gasteiger charge is 1.85. The molecule has 0 aliphatic carbocycles. The van der Waals surface area contributed by atoms with E-state index in [0.29, 0.717) is 0 Å². The van der Waals surface area contributed by atoms with Gasteiger partial charge in [0, 0.05) is 0 Å². The van der Waals surface area contributed by atoms with Gasteiger partial charge in [0.25, 0.3) is 0 Å². The highest BCUT2D eigenvalue weighted by molar-refractivity contribution is 6.60. The summed E-state index contributed by atoms with van der Waals surface area (Å²) >= 11 is 0. The summed E-state index contributed by atoms with van der Waals surface area (Å²) in [5.41, 5.74) is 0.951. The van der Waals surface area contributed by atoms with E-state index in [-0.39, 0.29) is 5.68 Å². The Balaban J connectivity index is 4.53. The lowest BCUT2D eigenvalue weighted by atomic mass is 10.0. The lowest BCUT2D eigenvalue weighted by Crippen LogP contribution is -1.87. The molecule has 0 aliphatic heterocycles. The van der Waals surface area contributed by atoms with Crippen molar-refractivity contribution in [3.05, 3.63) is 61.3 Å². The third kappa shape index (κ3) is 6.82. The SMILES string of the molecule is BC(=O)\C=C/C(/C=C\C=C)=C/C=C. The topological polar surface area (TPSA) is 17.1 Å². The Kier molecular flexibility index (Phi) is 6.25. The van der Waals surface area contributed by atoms with Crippen LogP contribution in [0.2, 0.25) is 0 Å². The smallest absolute Gasteiger partial charge is 0.192 e. The quantitative estimate of drug-likeness (QED) is 0.349. The normalized spacial score (nSPS) is 12.2. The van der Waals surface area contributed by atoms with Crippen LogP contribution in [0.3, 0.4) is 0 Å². The molecule has 1 nitrogen and oxygen atoms in total. The zero-order valence-corrected chi connectivity index (χ0v) is 7.86. The Hall–Kier alpha value is -1.57. The molecule has 0 aromatic carbocycles. The van der Waals surface area contributed by atoms with Crippen molar-refractivity contribution < 1.29 is 4.79 Å². The molecule has 0 aliphatic rings. The lowest BCUT2D eigenvalue weighted by Gasteiger charge is -1.89. The second-order valence-corrected chi connectivity index (χ2v) is 2.44. The van der Waals surface area contributed by atoms with Gasteiger partial charge in [0.2, 0.25) is 0 Å². The van der Waals surface area contributed by atoms with Gasteiger partial charge in [0.15, 0.2) is 7.85 Å². The third-order valence-electron chi connectivity index (χ3n) is 1.25. The highest BCUT2D eigenvalue weighted by Crippen LogP contribution is 1.99. The summed E-state index contributed by atoms with van der Waals surface area (Å²) in [4.78, 5) is 10.6. The van der Waals surface area contributed by atoms with E-state index >= 15 is 0 Å². The van der Waals surface area contributed by atoms with Crippen LogP contribution in [0.4, 0.5) is 0 Å². The fourth-order valence-electron chi connectivity index (χ4n) is 0.695. The van der Waals surface area contributed by atoms with Crippen LogP contribution in [0, 0.1) is 0 Å². The van der Waals surface area contributed by atoms with Crippen LogP contribution in [0.15, 0.2) is 61.3 Å². The van der Waals surface area contributed by atoms with Crippen molar-refractivity contribution >= 4 is 13.5 Å². The van der Waals surface area contributed by atoms with Crippen molar-refractivity contribution in [3.8, 4) is 0 Å². The summed E-state index contributed by atoms with van der Waals surface area (Å²) < 4.78 is 0. The molecule has 0 spiro atoms. The third-order valence-corrected chi connectivity index (χ3v) is 1.25. The van der Waals surface area contributed by atoms with E-state index in [0.717, 1.165) is 5.57 Å². The molecular formula is C11H13BO. The molecule has 2 heteroatoms. The maximum atomic E-state index is 10.6. The number of carbonyl (C=O) groups is 1. The zero-order chi connectivity index (χ0) is 10.1. The van der Waals surface area contributed by atoms with Crippen LogP contribution in [0.25, 0.3) is 0 Å². The predicted molar refractivity (Wildman–Crippen MR) is 60.3 cm³/mol. The number of hydrogen-bond acceptors (Lipinski definition) is 1. The molecule has 0 bridgehead atoms. The Morgan fingerprint density at radius 3 is 2.23 bits per heavy atom. The molecule has 0 unspecified atom stereocenters. The summed E-state index contributed by atoms with van der Waals surface area (Å²) in [5, 5.41) is 0. The van der Waals surface area contributed by atoms with Crippen molar-refractivity contribution in [1.82, 2.24) is 0 Å². The molecule has 0 fully saturated rings. The molecule has 0 atom stereocenters. The van der Waals surface area contributed by atoms with Gasteiger partial charge < -0.3 is 4.79 Å². The van der Waals surface area contributed by atoms with Gasteiger partial charge in [0.1, 0.15) is 5.68 Å². The molecule has 0 rings (SSSR count). The Bertz CT molecular complexity index is 282. The predicted octanol–water partition coefficient (Wildman–Crippen LogP) is 1.56. The summed E-state index contributed by atoms with van der Waals surface area (Å²) in [6.45, 7) is 7.14. The average Bonchev–Trinajstić information content (AvgIpc) is 2.09. The van der Waals surface area contributed by atoms with Crippen LogP contribution >= 0.6 is 0 Å². The first-order valence-electron chi connectivity index (χ1n) is 4.01. The van der Waals surface area contributed by atoms with E-state index in [4.69, 9.17) is 0 Å². The van der Waals surface area contributed by atoms with Crippen LogP contribution < -0.4 is 0 Å². The summed E-state index contributed by atoms with van der Waals surface area (Å²) in [5.74, 6) is 0. The molecule has 0 heterocycles. The van der Waals surface area contributed by atoms with E-state index in [1.807, 2.05) is 12.2 Å². The van der Waals surface area contributed by atoms with Gasteiger partial charge in [0.05, 0.1) is 0 Å². The summed E-state index contributed by atoms with van der Waals surface area (Å²) in [7, 11) is 1.51. The standard InChI is InChI=1S/C11H13BO/c1-3-5-7-10(6-4-2)8-9-11(12)13/h3-9H,1-2,12H2/b7-5-,9-8-,10-6+. The largest absolute Gasteiger partial charge is 0.307 e. The molecule has 0 radical (unpaired) electrons. The molecule has 0 saturated carbocycles. The molecule has 0 N–H and O–H groups in total. The summed E-state index contributed by atoms with van der Waals surface area (Å²) in [6.07, 6.45) is 12.1. The summed E-state index contributed by atoms with van der Waals surface area (Å²) in [6, 6.07) is 0. The average molecular weight is 172 g/mol. The second-order valence-electron chi connectivity index (χ2n) is 2.44. The van der Waals surface area contributed by atoms with Gasteiger partial charge >= 0.3 is 0 Å². The first-order valence-corrected chi connectivity index (χ1v) is 4.01. The first kappa shape index (κ1) is 11.4. The molecule has 0 saturated heterocycles. The number of rotatable bonds is 5. The molecular weight excluding hydrogens is 159 g/mol. The molecule has 0 aromatic heterocycles. The van der Waals surface area contributed by atoms with Gasteiger partial charge in [-0.25, -0.2) is 0 Å². The molecule has 13 heavy (non-hydrogen) atoms. The molecule has 0 amide bonds. The fourth-order valence-corrected chi connectivity index (χ4v) is 0.695. The van der Waals surface area contributed by atoms with E-state index in [9.17, 15) is 4.79 Å². The van der Waals surface area contributed by atoms with Gasteiger partial charge in [-0.1, -0.05) is 49.6 Å². The van der Waals surface area contributed by atoms with Gasteiger partial charge in [-0.15, -0.1) is 0 Å². The van der Waals surface area contributed by atoms with Crippen molar-refractivity contribution in [1.29, 1.82) is 0 Å². The fraction of sp³-hybridized carbons (Fsp3) is 0. The van der Waals surface area contributed by atoms with Crippen molar-refractivity contribution in [2.75, 3.05) is 0 Å². The molecule has 0 aromatic rings. The first-order chi connectivity index (χ1) is 6.20. The number of carbonyl (C=O) groups excluding carboxylic acids is 1. The Morgan fingerprint density at radius 2 is 1.77 bits per heavy atom. The minimum absolute atomic E-state index is 0.0296. The monoisotopic (exact) mass is 172 g/mol. The van der Waals surface area contributed by atoms with E-state index in [2.05, 4.69) is 13.2 Å².